The molecule has 2 unspecified atom stereocenters. The molecule has 2 atom stereocenters. The first-order valence-electron chi connectivity index (χ1n) is 6.74. The Labute approximate surface area is 128 Å². The number of benzene rings is 1. The summed E-state index contributed by atoms with van der Waals surface area (Å²) < 4.78 is 0. The smallest absolute Gasteiger partial charge is 0.255 e. The highest BCUT2D eigenvalue weighted by molar-refractivity contribution is 6.30. The zero-order valence-corrected chi connectivity index (χ0v) is 12.7. The summed E-state index contributed by atoms with van der Waals surface area (Å²) in [7, 11) is 0. The van der Waals surface area contributed by atoms with E-state index in [1.807, 2.05) is 26.0 Å². The molecule has 5 nitrogen and oxygen atoms in total. The number of halogens is 1. The number of carbonyl (C=O) groups is 1. The zero-order valence-electron chi connectivity index (χ0n) is 11.9. The zero-order chi connectivity index (χ0) is 15.4. The van der Waals surface area contributed by atoms with Gasteiger partial charge in [0, 0.05) is 23.2 Å². The Balaban J connectivity index is 2.20. The molecule has 2 rings (SSSR count). The molecule has 1 aromatic carbocycles. The molecule has 2 aromatic rings. The molecule has 1 amide bonds. The number of aliphatic hydroxyl groups is 1. The van der Waals surface area contributed by atoms with Crippen molar-refractivity contribution in [3.63, 3.8) is 0 Å². The predicted octanol–water partition coefficient (Wildman–Crippen LogP) is 2.48. The van der Waals surface area contributed by atoms with E-state index in [1.165, 1.54) is 6.20 Å². The molecule has 0 aliphatic carbocycles. The number of rotatable bonds is 5. The number of nitrogens with zero attached hydrogens (tertiary/aromatic N) is 1. The van der Waals surface area contributed by atoms with Crippen LogP contribution < -0.4 is 5.32 Å². The number of carbonyl (C=O) groups excluding carboxylic acids is 1. The van der Waals surface area contributed by atoms with Crippen LogP contribution >= 0.6 is 11.6 Å². The van der Waals surface area contributed by atoms with Crippen molar-refractivity contribution in [3.8, 4) is 11.3 Å². The maximum absolute atomic E-state index is 12.3. The molecular formula is C15H18ClN3O2. The second kappa shape index (κ2) is 6.74. The van der Waals surface area contributed by atoms with E-state index in [9.17, 15) is 4.79 Å². The van der Waals surface area contributed by atoms with Crippen LogP contribution in [0, 0.1) is 5.92 Å². The SMILES string of the molecule is CC(CO)C(C)NC(=O)c1cn[nH]c1-c1ccc(Cl)cc1. The molecule has 112 valence electrons. The van der Waals surface area contributed by atoms with Gasteiger partial charge in [-0.2, -0.15) is 5.10 Å². The van der Waals surface area contributed by atoms with Crippen LogP contribution in [0.1, 0.15) is 24.2 Å². The average Bonchev–Trinajstić information content (AvgIpc) is 2.96. The second-order valence-corrected chi connectivity index (χ2v) is 5.52. The third-order valence-corrected chi connectivity index (χ3v) is 3.77. The summed E-state index contributed by atoms with van der Waals surface area (Å²) in [5.41, 5.74) is 1.95. The minimum atomic E-state index is -0.221. The van der Waals surface area contributed by atoms with Crippen LogP contribution in [0.3, 0.4) is 0 Å². The van der Waals surface area contributed by atoms with Crippen molar-refractivity contribution in [2.24, 2.45) is 5.92 Å². The Kier molecular flexibility index (Phi) is 4.98. The second-order valence-electron chi connectivity index (χ2n) is 5.09. The lowest BCUT2D eigenvalue weighted by molar-refractivity contribution is 0.0917. The lowest BCUT2D eigenvalue weighted by atomic mass is 10.0. The molecular weight excluding hydrogens is 290 g/mol. The lowest BCUT2D eigenvalue weighted by Gasteiger charge is -2.19. The van der Waals surface area contributed by atoms with Gasteiger partial charge in [0.1, 0.15) is 0 Å². The number of H-pyrrole nitrogens is 1. The summed E-state index contributed by atoms with van der Waals surface area (Å²) in [6.07, 6.45) is 1.50. The maximum atomic E-state index is 12.3. The van der Waals surface area contributed by atoms with Gasteiger partial charge in [0.25, 0.3) is 5.91 Å². The van der Waals surface area contributed by atoms with Gasteiger partial charge in [0.05, 0.1) is 17.5 Å². The summed E-state index contributed by atoms with van der Waals surface area (Å²) >= 11 is 5.87. The van der Waals surface area contributed by atoms with E-state index in [4.69, 9.17) is 16.7 Å². The number of hydrogen-bond acceptors (Lipinski definition) is 3. The van der Waals surface area contributed by atoms with E-state index in [1.54, 1.807) is 12.1 Å². The van der Waals surface area contributed by atoms with Gasteiger partial charge in [-0.1, -0.05) is 30.7 Å². The largest absolute Gasteiger partial charge is 0.396 e. The Morgan fingerprint density at radius 1 is 1.38 bits per heavy atom. The number of hydrogen-bond donors (Lipinski definition) is 3. The highest BCUT2D eigenvalue weighted by Crippen LogP contribution is 2.23. The van der Waals surface area contributed by atoms with Crippen LogP contribution in [0.15, 0.2) is 30.5 Å². The fraction of sp³-hybridized carbons (Fsp3) is 0.333. The van der Waals surface area contributed by atoms with E-state index < -0.39 is 0 Å². The van der Waals surface area contributed by atoms with Crippen molar-refractivity contribution in [1.29, 1.82) is 0 Å². The van der Waals surface area contributed by atoms with Gasteiger partial charge in [-0.25, -0.2) is 0 Å². The molecule has 3 N–H and O–H groups in total. The van der Waals surface area contributed by atoms with Crippen LogP contribution in [0.5, 0.6) is 0 Å². The van der Waals surface area contributed by atoms with Crippen LogP contribution in [0.25, 0.3) is 11.3 Å². The molecule has 0 aliphatic heterocycles. The fourth-order valence-corrected chi connectivity index (χ4v) is 2.01. The van der Waals surface area contributed by atoms with Gasteiger partial charge in [-0.15, -0.1) is 0 Å². The van der Waals surface area contributed by atoms with Crippen LogP contribution in [0.4, 0.5) is 0 Å². The molecule has 0 saturated carbocycles. The van der Waals surface area contributed by atoms with E-state index in [0.717, 1.165) is 5.56 Å². The molecule has 0 bridgehead atoms. The van der Waals surface area contributed by atoms with E-state index in [2.05, 4.69) is 15.5 Å². The van der Waals surface area contributed by atoms with Crippen molar-refractivity contribution >= 4 is 17.5 Å². The van der Waals surface area contributed by atoms with Gasteiger partial charge in [0.2, 0.25) is 0 Å². The van der Waals surface area contributed by atoms with Crippen molar-refractivity contribution in [2.75, 3.05) is 6.61 Å². The van der Waals surface area contributed by atoms with Gasteiger partial charge in [0.15, 0.2) is 0 Å². The molecule has 21 heavy (non-hydrogen) atoms. The number of amides is 1. The molecule has 0 fully saturated rings. The molecule has 1 aromatic heterocycles. The van der Waals surface area contributed by atoms with Crippen LogP contribution in [0.2, 0.25) is 5.02 Å². The van der Waals surface area contributed by atoms with Crippen LogP contribution in [-0.2, 0) is 0 Å². The molecule has 0 spiro atoms. The predicted molar refractivity (Wildman–Crippen MR) is 82.2 cm³/mol. The number of aromatic nitrogens is 2. The first-order valence-corrected chi connectivity index (χ1v) is 7.11. The molecule has 1 heterocycles. The lowest BCUT2D eigenvalue weighted by Crippen LogP contribution is -2.38. The summed E-state index contributed by atoms with van der Waals surface area (Å²) in [5.74, 6) is -0.235. The van der Waals surface area contributed by atoms with Gasteiger partial charge in [-0.3, -0.25) is 9.89 Å². The van der Waals surface area contributed by atoms with Crippen LogP contribution in [-0.4, -0.2) is 33.9 Å². The minimum absolute atomic E-state index is 0.0140. The Bertz CT molecular complexity index is 610. The van der Waals surface area contributed by atoms with Gasteiger partial charge in [-0.05, 0) is 25.0 Å². The van der Waals surface area contributed by atoms with Gasteiger partial charge >= 0.3 is 0 Å². The maximum Gasteiger partial charge on any atom is 0.255 e. The molecule has 0 saturated heterocycles. The van der Waals surface area contributed by atoms with E-state index >= 15 is 0 Å². The first-order chi connectivity index (χ1) is 10.0. The highest BCUT2D eigenvalue weighted by atomic mass is 35.5. The summed E-state index contributed by atoms with van der Waals surface area (Å²) in [4.78, 5) is 12.3. The molecule has 0 aliphatic rings. The van der Waals surface area contributed by atoms with E-state index in [0.29, 0.717) is 16.3 Å². The third-order valence-electron chi connectivity index (χ3n) is 3.52. The molecule has 0 radical (unpaired) electrons. The van der Waals surface area contributed by atoms with Crippen molar-refractivity contribution < 1.29 is 9.90 Å². The topological polar surface area (TPSA) is 78.0 Å². The van der Waals surface area contributed by atoms with E-state index in [-0.39, 0.29) is 24.5 Å². The van der Waals surface area contributed by atoms with Gasteiger partial charge < -0.3 is 10.4 Å². The summed E-state index contributed by atoms with van der Waals surface area (Å²) in [5, 5.41) is 19.4. The van der Waals surface area contributed by atoms with Crippen molar-refractivity contribution in [2.45, 2.75) is 19.9 Å². The number of aromatic amines is 1. The van der Waals surface area contributed by atoms with Crippen molar-refractivity contribution in [3.05, 3.63) is 41.0 Å². The summed E-state index contributed by atoms with van der Waals surface area (Å²) in [6, 6.07) is 7.04. The molecule has 6 heteroatoms. The highest BCUT2D eigenvalue weighted by Gasteiger charge is 2.19. The van der Waals surface area contributed by atoms with Crippen molar-refractivity contribution in [1.82, 2.24) is 15.5 Å². The normalized spacial score (nSPS) is 13.7. The standard InChI is InChI=1S/C15H18ClN3O2/c1-9(8-20)10(2)18-15(21)13-7-17-19-14(13)11-3-5-12(16)6-4-11/h3-7,9-10,20H,8H2,1-2H3,(H,17,19)(H,18,21). The monoisotopic (exact) mass is 307 g/mol. The fourth-order valence-electron chi connectivity index (χ4n) is 1.88. The number of aliphatic hydroxyl groups excluding tert-OH is 1. The first kappa shape index (κ1) is 15.5. The Morgan fingerprint density at radius 2 is 2.05 bits per heavy atom. The number of nitrogens with one attached hydrogen (secondary N) is 2. The average molecular weight is 308 g/mol. The Morgan fingerprint density at radius 3 is 2.67 bits per heavy atom. The Hall–Kier alpha value is -1.85. The third kappa shape index (κ3) is 3.62. The summed E-state index contributed by atoms with van der Waals surface area (Å²) in [6.45, 7) is 3.76. The quantitative estimate of drug-likeness (QED) is 0.794. The minimum Gasteiger partial charge on any atom is -0.396 e.